The van der Waals surface area contributed by atoms with E-state index in [1.165, 1.54) is 30.0 Å². The van der Waals surface area contributed by atoms with Gasteiger partial charge in [0.15, 0.2) is 5.65 Å². The summed E-state index contributed by atoms with van der Waals surface area (Å²) in [7, 11) is 0. The molecular weight excluding hydrogens is 354 g/mol. The molecule has 0 saturated carbocycles. The Morgan fingerprint density at radius 2 is 2.00 bits per heavy atom. The van der Waals surface area contributed by atoms with Gasteiger partial charge in [0.1, 0.15) is 17.2 Å². The van der Waals surface area contributed by atoms with Gasteiger partial charge in [-0.2, -0.15) is 0 Å². The van der Waals surface area contributed by atoms with Gasteiger partial charge in [0.2, 0.25) is 5.16 Å². The van der Waals surface area contributed by atoms with Gasteiger partial charge in [-0.05, 0) is 30.3 Å². The molecule has 0 aliphatic heterocycles. The van der Waals surface area contributed by atoms with Crippen LogP contribution in [-0.2, 0) is 5.75 Å². The fraction of sp³-hybridized carbons (Fsp3) is 0.0625. The number of aromatic amines is 1. The first-order valence-electron chi connectivity index (χ1n) is 6.99. The lowest BCUT2D eigenvalue weighted by atomic mass is 10.2. The number of hydrogen-bond donors (Lipinski definition) is 1. The van der Waals surface area contributed by atoms with Crippen LogP contribution in [0.4, 0.5) is 8.78 Å². The van der Waals surface area contributed by atoms with Crippen molar-refractivity contribution in [1.29, 1.82) is 0 Å². The maximum atomic E-state index is 13.8. The highest BCUT2D eigenvalue weighted by Gasteiger charge is 2.12. The molecule has 0 radical (unpaired) electrons. The van der Waals surface area contributed by atoms with Gasteiger partial charge in [-0.1, -0.05) is 29.4 Å². The van der Waals surface area contributed by atoms with Crippen LogP contribution in [0.3, 0.4) is 0 Å². The van der Waals surface area contributed by atoms with Crippen molar-refractivity contribution >= 4 is 45.4 Å². The molecular formula is C16H9ClF2N4S. The van der Waals surface area contributed by atoms with Crippen molar-refractivity contribution in [2.45, 2.75) is 10.9 Å². The van der Waals surface area contributed by atoms with Crippen LogP contribution >= 0.6 is 23.4 Å². The van der Waals surface area contributed by atoms with E-state index >= 15 is 0 Å². The number of aromatic nitrogens is 4. The molecule has 2 aromatic carbocycles. The summed E-state index contributed by atoms with van der Waals surface area (Å²) in [5.41, 5.74) is 2.13. The number of nitrogens with zero attached hydrogens (tertiary/aromatic N) is 3. The van der Waals surface area contributed by atoms with Gasteiger partial charge in [0.05, 0.1) is 0 Å². The van der Waals surface area contributed by atoms with E-state index < -0.39 is 0 Å². The molecule has 0 atom stereocenters. The number of halogens is 3. The van der Waals surface area contributed by atoms with Crippen molar-refractivity contribution in [3.63, 3.8) is 0 Å². The fourth-order valence-corrected chi connectivity index (χ4v) is 3.53. The molecule has 0 unspecified atom stereocenters. The second-order valence-corrected chi connectivity index (χ2v) is 6.45. The zero-order valence-electron chi connectivity index (χ0n) is 12.1. The monoisotopic (exact) mass is 362 g/mol. The lowest BCUT2D eigenvalue weighted by molar-refractivity contribution is 0.617. The summed E-state index contributed by atoms with van der Waals surface area (Å²) in [5.74, 6) is -0.434. The maximum absolute atomic E-state index is 13.8. The highest BCUT2D eigenvalue weighted by atomic mass is 35.5. The predicted octanol–water partition coefficient (Wildman–Crippen LogP) is 4.73. The van der Waals surface area contributed by atoms with Crippen molar-refractivity contribution in [2.75, 3.05) is 0 Å². The minimum atomic E-state index is -0.370. The number of nitrogens with one attached hydrogen (secondary N) is 1. The molecule has 0 aliphatic rings. The van der Waals surface area contributed by atoms with Crippen LogP contribution in [0.25, 0.3) is 22.1 Å². The second-order valence-electron chi connectivity index (χ2n) is 5.10. The molecule has 0 spiro atoms. The molecule has 2 aromatic heterocycles. The summed E-state index contributed by atoms with van der Waals surface area (Å²) in [6, 6.07) is 8.92. The van der Waals surface area contributed by atoms with Crippen LogP contribution < -0.4 is 0 Å². The maximum Gasteiger partial charge on any atom is 0.211 e. The molecule has 0 aliphatic carbocycles. The van der Waals surface area contributed by atoms with Gasteiger partial charge in [0, 0.05) is 27.2 Å². The number of benzene rings is 2. The van der Waals surface area contributed by atoms with E-state index in [4.69, 9.17) is 11.6 Å². The molecule has 1 N–H and O–H groups in total. The molecule has 0 bridgehead atoms. The van der Waals surface area contributed by atoms with E-state index in [1.54, 1.807) is 18.2 Å². The van der Waals surface area contributed by atoms with E-state index in [0.717, 1.165) is 5.52 Å². The van der Waals surface area contributed by atoms with Crippen LogP contribution in [0, 0.1) is 11.6 Å². The average Bonchev–Trinajstić information content (AvgIpc) is 2.91. The van der Waals surface area contributed by atoms with E-state index in [-0.39, 0.29) is 17.4 Å². The molecule has 0 saturated heterocycles. The summed E-state index contributed by atoms with van der Waals surface area (Å²) >= 11 is 7.23. The largest absolute Gasteiger partial charge is 0.338 e. The summed E-state index contributed by atoms with van der Waals surface area (Å²) < 4.78 is 27.2. The molecule has 4 rings (SSSR count). The molecule has 0 fully saturated rings. The Kier molecular flexibility index (Phi) is 3.82. The number of H-pyrrole nitrogens is 1. The Bertz CT molecular complexity index is 1050. The fourth-order valence-electron chi connectivity index (χ4n) is 2.40. The smallest absolute Gasteiger partial charge is 0.211 e. The minimum absolute atomic E-state index is 0.285. The number of hydrogen-bond acceptors (Lipinski definition) is 4. The first-order chi connectivity index (χ1) is 11.6. The normalized spacial score (nSPS) is 11.5. The molecule has 2 heterocycles. The molecule has 120 valence electrons. The van der Waals surface area contributed by atoms with E-state index in [9.17, 15) is 8.78 Å². The van der Waals surface area contributed by atoms with Gasteiger partial charge in [-0.15, -0.1) is 10.2 Å². The van der Waals surface area contributed by atoms with Crippen molar-refractivity contribution in [2.24, 2.45) is 0 Å². The number of rotatable bonds is 3. The Labute approximate surface area is 144 Å². The molecule has 4 nitrogen and oxygen atoms in total. The minimum Gasteiger partial charge on any atom is -0.338 e. The summed E-state index contributed by atoms with van der Waals surface area (Å²) in [4.78, 5) is 7.44. The van der Waals surface area contributed by atoms with Crippen LogP contribution in [0.15, 0.2) is 41.6 Å². The van der Waals surface area contributed by atoms with E-state index in [1.807, 2.05) is 0 Å². The molecule has 4 aromatic rings. The van der Waals surface area contributed by atoms with Gasteiger partial charge in [-0.3, -0.25) is 0 Å². The SMILES string of the molecule is Fc1ccc2[nH]c3nc(SCc4c(F)cccc4Cl)nnc3c2c1. The lowest BCUT2D eigenvalue weighted by Crippen LogP contribution is -1.94. The topological polar surface area (TPSA) is 54.5 Å². The van der Waals surface area contributed by atoms with Crippen LogP contribution in [0.5, 0.6) is 0 Å². The van der Waals surface area contributed by atoms with E-state index in [2.05, 4.69) is 20.2 Å². The quantitative estimate of drug-likeness (QED) is 0.535. The summed E-state index contributed by atoms with van der Waals surface area (Å²) in [5, 5.41) is 9.50. The van der Waals surface area contributed by atoms with E-state index in [0.29, 0.717) is 32.3 Å². The molecule has 24 heavy (non-hydrogen) atoms. The van der Waals surface area contributed by atoms with Gasteiger partial charge >= 0.3 is 0 Å². The second kappa shape index (κ2) is 5.99. The zero-order chi connectivity index (χ0) is 16.7. The third kappa shape index (κ3) is 2.70. The lowest BCUT2D eigenvalue weighted by Gasteiger charge is -2.04. The third-order valence-corrected chi connectivity index (χ3v) is 4.78. The third-order valence-electron chi connectivity index (χ3n) is 3.56. The summed E-state index contributed by atoms with van der Waals surface area (Å²) in [6.07, 6.45) is 0. The number of fused-ring (bicyclic) bond motifs is 3. The first kappa shape index (κ1) is 15.3. The zero-order valence-corrected chi connectivity index (χ0v) is 13.6. The highest BCUT2D eigenvalue weighted by molar-refractivity contribution is 7.98. The number of thioether (sulfide) groups is 1. The van der Waals surface area contributed by atoms with Crippen LogP contribution in [0.2, 0.25) is 5.02 Å². The van der Waals surface area contributed by atoms with Crippen LogP contribution in [0.1, 0.15) is 5.56 Å². The Hall–Kier alpha value is -2.25. The predicted molar refractivity (Wildman–Crippen MR) is 90.1 cm³/mol. The van der Waals surface area contributed by atoms with Crippen molar-refractivity contribution < 1.29 is 8.78 Å². The Balaban J connectivity index is 1.67. The summed E-state index contributed by atoms with van der Waals surface area (Å²) in [6.45, 7) is 0. The standard InChI is InChI=1S/C16H9ClF2N4S/c17-11-2-1-3-12(19)10(11)7-24-16-21-15-14(22-23-16)9-6-8(18)4-5-13(9)20-15/h1-6H,7H2,(H,20,21,23). The Morgan fingerprint density at radius 1 is 1.12 bits per heavy atom. The molecule has 8 heteroatoms. The average molecular weight is 363 g/mol. The van der Waals surface area contributed by atoms with Crippen LogP contribution in [-0.4, -0.2) is 20.2 Å². The van der Waals surface area contributed by atoms with Gasteiger partial charge in [0.25, 0.3) is 0 Å². The van der Waals surface area contributed by atoms with Gasteiger partial charge < -0.3 is 4.98 Å². The first-order valence-corrected chi connectivity index (χ1v) is 8.35. The highest BCUT2D eigenvalue weighted by Crippen LogP contribution is 2.28. The van der Waals surface area contributed by atoms with Gasteiger partial charge in [-0.25, -0.2) is 13.8 Å². The molecule has 0 amide bonds. The van der Waals surface area contributed by atoms with Crippen molar-refractivity contribution in [3.05, 3.63) is 58.6 Å². The van der Waals surface area contributed by atoms with Crippen molar-refractivity contribution in [3.8, 4) is 0 Å². The Morgan fingerprint density at radius 3 is 2.83 bits per heavy atom. The van der Waals surface area contributed by atoms with Crippen molar-refractivity contribution in [1.82, 2.24) is 20.2 Å².